The van der Waals surface area contributed by atoms with Crippen LogP contribution in [0.15, 0.2) is 34.9 Å². The van der Waals surface area contributed by atoms with Crippen LogP contribution < -0.4 is 25.0 Å². The second kappa shape index (κ2) is 32.7. The molecule has 19 atom stereocenters. The molecule has 5 fully saturated rings. The Balaban J connectivity index is 1.02. The summed E-state index contributed by atoms with van der Waals surface area (Å²) in [6, 6.07) is -1.24. The first-order valence-electron chi connectivity index (χ1n) is 29.6. The molecule has 4 heterocycles. The molecule has 0 spiro atoms. The van der Waals surface area contributed by atoms with Crippen LogP contribution in [-0.2, 0) is 57.1 Å². The number of hydrogen-bond acceptors (Lipinski definition) is 26. The number of carbonyl (C=O) groups is 3. The van der Waals surface area contributed by atoms with E-state index < -0.39 is 133 Å². The number of thioether (sulfide) groups is 1. The van der Waals surface area contributed by atoms with E-state index in [1.807, 2.05) is 35.6 Å². The van der Waals surface area contributed by atoms with Crippen molar-refractivity contribution in [3.05, 3.63) is 49.6 Å². The van der Waals surface area contributed by atoms with Crippen molar-refractivity contribution in [2.24, 2.45) is 0 Å². The molecule has 23 nitrogen and oxygen atoms in total. The van der Waals surface area contributed by atoms with Crippen LogP contribution in [0.5, 0.6) is 17.2 Å². The van der Waals surface area contributed by atoms with Crippen LogP contribution in [0.2, 0.25) is 0 Å². The fourth-order valence-electron chi connectivity index (χ4n) is 11.9. The third-order valence-electron chi connectivity index (χ3n) is 16.7. The topological polar surface area (TPSA) is 296 Å². The molecule has 27 heteroatoms. The van der Waals surface area contributed by atoms with Crippen LogP contribution >= 0.6 is 55.9 Å². The third kappa shape index (κ3) is 16.4. The standard InChI is InChI=1S/C61H83IN2O21S3/c1-11-63-37-29-78-43(27-41(37)73-6)83-55-50(69)48(31(3)80-60(55)82-40-21-17-12-13-18-23-61(72)28-39(66)35(25-42(67)74-7)46(40)36(61)22-24-86-88-34-19-15-14-16-20-34)64-85-44-26-38(65)57(33(5)79-44)87-58(71)45-30(2)47(62)53(56(77-10)52(45)75-8)84-59-51(70)54(76-9)49(68)32(4)81-59/h12-13,22,31-34,37-38,40-41,43-44,48-51,54-55,57,59-60,63-65,68-70,72H,11,14-16,19-20,24-29H2,1-10H3/b13-12-,36-22+/t31?,32?,33?,37?,38?,40-,41?,43?,44?,48?,49?,50?,51?,54?,55?,57?,59?,60?,61+/m1/s1. The molecule has 488 valence electrons. The van der Waals surface area contributed by atoms with Gasteiger partial charge < -0.3 is 87.7 Å². The summed E-state index contributed by atoms with van der Waals surface area (Å²) < 4.78 is 73.1. The number of rotatable bonds is 23. The van der Waals surface area contributed by atoms with Crippen molar-refractivity contribution in [1.82, 2.24) is 10.8 Å². The van der Waals surface area contributed by atoms with Gasteiger partial charge in [0.25, 0.3) is 0 Å². The largest absolute Gasteiger partial charge is 0.492 e. The minimum Gasteiger partial charge on any atom is -0.492 e. The minimum atomic E-state index is -2.01. The van der Waals surface area contributed by atoms with Crippen LogP contribution in [-0.4, -0.2) is 217 Å². The number of fused-ring (bicyclic) bond motifs is 2. The molecule has 3 aliphatic carbocycles. The molecule has 4 aliphatic heterocycles. The van der Waals surface area contributed by atoms with Gasteiger partial charge in [0.05, 0.1) is 97.8 Å². The Kier molecular flexibility index (Phi) is 26.3. The molecule has 7 N–H and O–H groups in total. The Morgan fingerprint density at radius 3 is 2.26 bits per heavy atom. The zero-order valence-electron chi connectivity index (χ0n) is 51.1. The highest BCUT2D eigenvalue weighted by atomic mass is 127. The van der Waals surface area contributed by atoms with Crippen molar-refractivity contribution in [2.75, 3.05) is 54.5 Å². The fourth-order valence-corrected chi connectivity index (χ4v) is 16.3. The summed E-state index contributed by atoms with van der Waals surface area (Å²) in [5.41, 5.74) is 1.89. The highest BCUT2D eigenvalue weighted by Gasteiger charge is 2.52. The lowest BCUT2D eigenvalue weighted by Crippen LogP contribution is -2.65. The Morgan fingerprint density at radius 1 is 0.852 bits per heavy atom. The molecule has 1 aromatic rings. The van der Waals surface area contributed by atoms with Gasteiger partial charge in [-0.15, -0.1) is 0 Å². The van der Waals surface area contributed by atoms with Crippen molar-refractivity contribution in [1.29, 1.82) is 0 Å². The first-order chi connectivity index (χ1) is 42.2. The second-order valence-electron chi connectivity index (χ2n) is 22.4. The van der Waals surface area contributed by atoms with Crippen LogP contribution in [0.3, 0.4) is 0 Å². The first kappa shape index (κ1) is 70.8. The average molecular weight is 1400 g/mol. The predicted octanol–water partition coefficient (Wildman–Crippen LogP) is 4.50. The van der Waals surface area contributed by atoms with Gasteiger partial charge in [-0.25, -0.2) is 0 Å². The van der Waals surface area contributed by atoms with E-state index in [1.165, 1.54) is 47.0 Å². The molecule has 0 radical (unpaired) electrons. The normalized spacial score (nSPS) is 36.1. The highest BCUT2D eigenvalue weighted by molar-refractivity contribution is 14.1. The number of Topliss-reactive ketones (excluding diaryl/α,β-unsaturated/α-hetero) is 1. The summed E-state index contributed by atoms with van der Waals surface area (Å²) in [6.07, 6.45) is -7.01. The Labute approximate surface area is 539 Å². The van der Waals surface area contributed by atoms with Gasteiger partial charge in [0, 0.05) is 54.8 Å². The van der Waals surface area contributed by atoms with E-state index >= 15 is 0 Å². The number of aliphatic hydroxyl groups is 5. The summed E-state index contributed by atoms with van der Waals surface area (Å²) in [6.45, 7) is 9.49. The fraction of sp³-hybridized carbons (Fsp3) is 0.689. The van der Waals surface area contributed by atoms with Crippen LogP contribution in [0.4, 0.5) is 0 Å². The number of ketones is 1. The van der Waals surface area contributed by atoms with Crippen molar-refractivity contribution >= 4 is 72.8 Å². The molecule has 0 aromatic heterocycles. The van der Waals surface area contributed by atoms with Gasteiger partial charge in [0.1, 0.15) is 36.6 Å². The molecule has 2 bridgehead atoms. The van der Waals surface area contributed by atoms with E-state index in [4.69, 9.17) is 61.7 Å². The van der Waals surface area contributed by atoms with Gasteiger partial charge in [-0.3, -0.25) is 19.2 Å². The number of likely N-dealkylation sites (N-methyl/N-ethyl adjacent to an activating group) is 1. The predicted molar refractivity (Wildman–Crippen MR) is 334 cm³/mol. The van der Waals surface area contributed by atoms with Crippen LogP contribution in [0, 0.1) is 34.2 Å². The van der Waals surface area contributed by atoms with E-state index in [0.29, 0.717) is 26.7 Å². The monoisotopic (exact) mass is 1400 g/mol. The number of nitrogens with one attached hydrogen (secondary N) is 2. The number of methoxy groups -OCH3 is 5. The van der Waals surface area contributed by atoms with Gasteiger partial charge in [-0.2, -0.15) is 5.48 Å². The number of hydrogen-bond donors (Lipinski definition) is 7. The maximum atomic E-state index is 14.5. The average Bonchev–Trinajstić information content (AvgIpc) is 2.97. The van der Waals surface area contributed by atoms with E-state index in [-0.39, 0.29) is 71.1 Å². The van der Waals surface area contributed by atoms with E-state index in [2.05, 4.69) is 34.5 Å². The zero-order chi connectivity index (χ0) is 63.6. The summed E-state index contributed by atoms with van der Waals surface area (Å²) in [5.74, 6) is 11.1. The molecule has 1 aromatic carbocycles. The number of aliphatic hydroxyl groups excluding tert-OH is 4. The molecule has 1 saturated carbocycles. The zero-order valence-corrected chi connectivity index (χ0v) is 55.7. The number of esters is 1. The van der Waals surface area contributed by atoms with Gasteiger partial charge >= 0.3 is 5.97 Å². The molecular weight excluding hydrogens is 1320 g/mol. The van der Waals surface area contributed by atoms with E-state index in [0.717, 1.165) is 37.4 Å². The maximum Gasteiger partial charge on any atom is 0.310 e. The lowest BCUT2D eigenvalue weighted by molar-refractivity contribution is -0.336. The number of allylic oxidation sites excluding steroid dienone is 2. The highest BCUT2D eigenvalue weighted by Crippen LogP contribution is 2.49. The number of benzene rings is 1. The Bertz CT molecular complexity index is 2830. The van der Waals surface area contributed by atoms with Gasteiger partial charge in [-0.1, -0.05) is 89.3 Å². The van der Waals surface area contributed by atoms with Crippen LogP contribution in [0.1, 0.15) is 101 Å². The molecule has 4 saturated heterocycles. The Morgan fingerprint density at radius 2 is 1.58 bits per heavy atom. The molecule has 17 unspecified atom stereocenters. The van der Waals surface area contributed by atoms with Crippen LogP contribution in [0.25, 0.3) is 0 Å². The maximum absolute atomic E-state index is 14.5. The lowest BCUT2D eigenvalue weighted by atomic mass is 9.72. The van der Waals surface area contributed by atoms with Gasteiger partial charge in [0.2, 0.25) is 17.2 Å². The van der Waals surface area contributed by atoms with Crippen molar-refractivity contribution in [2.45, 2.75) is 213 Å². The lowest BCUT2D eigenvalue weighted by Gasteiger charge is -2.46. The Hall–Kier alpha value is -3.09. The first-order valence-corrected chi connectivity index (χ1v) is 33.9. The summed E-state index contributed by atoms with van der Waals surface area (Å²) >= 11 is 2.84. The number of carbonyl (C=O) groups excluding carboxylic acids is 3. The summed E-state index contributed by atoms with van der Waals surface area (Å²) in [7, 11) is 10.3. The van der Waals surface area contributed by atoms with Gasteiger partial charge in [0.15, 0.2) is 41.8 Å². The molecule has 88 heavy (non-hydrogen) atoms. The van der Waals surface area contributed by atoms with Crippen molar-refractivity contribution in [3.8, 4) is 40.9 Å². The van der Waals surface area contributed by atoms with Crippen molar-refractivity contribution in [3.63, 3.8) is 0 Å². The number of hydroxylamine groups is 1. The van der Waals surface area contributed by atoms with E-state index in [1.54, 1.807) is 56.4 Å². The number of ether oxygens (including phenoxy) is 12. The molecule has 8 rings (SSSR count). The second-order valence-corrected chi connectivity index (χ2v) is 27.4. The smallest absolute Gasteiger partial charge is 0.310 e. The quantitative estimate of drug-likeness (QED) is 0.0198. The minimum absolute atomic E-state index is 0.0200. The number of halogens is 1. The summed E-state index contributed by atoms with van der Waals surface area (Å²) in [4.78, 5) is 48.1. The molecular formula is C61H83IN2O21S3. The van der Waals surface area contributed by atoms with Crippen molar-refractivity contribution < 1.29 is 102 Å². The third-order valence-corrected chi connectivity index (χ3v) is 22.2. The molecule has 7 aliphatic rings. The summed E-state index contributed by atoms with van der Waals surface area (Å²) in [5, 5.41) is 61.1. The SMILES string of the molecule is CCNC1COC(OC2C(O[C@@H]3C#C/C=C\C#C[C@]4(O)CC(=O)C(CC(=O)OC)=C3/C4=C\CSSC3CCCCC3)OC(C)C(NOC3CC(O)C(SC(=O)c4c(C)c(I)c(OC5OC(C)C(O)C(OC)C5O)c(OC)c4OC)C(C)O3)C2O)CC1OC. The molecule has 0 amide bonds. The van der Waals surface area contributed by atoms with E-state index in [9.17, 15) is 39.9 Å². The van der Waals surface area contributed by atoms with Gasteiger partial charge in [-0.05, 0) is 87.4 Å².